The highest BCUT2D eigenvalue weighted by molar-refractivity contribution is 7.89. The molecule has 0 bridgehead atoms. The predicted octanol–water partition coefficient (Wildman–Crippen LogP) is 0.872. The highest BCUT2D eigenvalue weighted by Gasteiger charge is 2.30. The number of nitrogens with zero attached hydrogens (tertiary/aromatic N) is 3. The predicted molar refractivity (Wildman–Crippen MR) is 91.5 cm³/mol. The maximum absolute atomic E-state index is 12.9. The summed E-state index contributed by atoms with van der Waals surface area (Å²) in [6, 6.07) is 5.26. The number of ether oxygens (including phenoxy) is 1. The van der Waals surface area contributed by atoms with E-state index >= 15 is 0 Å². The highest BCUT2D eigenvalue weighted by Crippen LogP contribution is 2.28. The molecular weight excluding hydrogens is 314 g/mol. The van der Waals surface area contributed by atoms with E-state index in [9.17, 15) is 8.42 Å². The van der Waals surface area contributed by atoms with Crippen LogP contribution in [0.1, 0.15) is 5.56 Å². The Balaban J connectivity index is 2.09. The molecule has 0 spiro atoms. The third-order valence-corrected chi connectivity index (χ3v) is 6.05. The van der Waals surface area contributed by atoms with Gasteiger partial charge in [0.25, 0.3) is 0 Å². The first-order chi connectivity index (χ1) is 10.8. The first-order valence-electron chi connectivity index (χ1n) is 7.86. The van der Waals surface area contributed by atoms with Gasteiger partial charge in [-0.3, -0.25) is 4.90 Å². The first-order valence-corrected chi connectivity index (χ1v) is 9.30. The van der Waals surface area contributed by atoms with Crippen LogP contribution in [0.4, 0.5) is 0 Å². The van der Waals surface area contributed by atoms with E-state index < -0.39 is 10.0 Å². The Kier molecular flexibility index (Phi) is 6.02. The average molecular weight is 341 g/mol. The molecule has 0 aromatic heterocycles. The summed E-state index contributed by atoms with van der Waals surface area (Å²) >= 11 is 0. The molecule has 0 unspecified atom stereocenters. The second-order valence-corrected chi connectivity index (χ2v) is 8.11. The summed E-state index contributed by atoms with van der Waals surface area (Å²) in [6.07, 6.45) is 0. The Labute approximate surface area is 139 Å². The van der Waals surface area contributed by atoms with Crippen LogP contribution in [-0.4, -0.2) is 83.0 Å². The van der Waals surface area contributed by atoms with Crippen LogP contribution in [0.5, 0.6) is 5.75 Å². The highest BCUT2D eigenvalue weighted by atomic mass is 32.2. The fourth-order valence-corrected chi connectivity index (χ4v) is 4.32. The van der Waals surface area contributed by atoms with Crippen LogP contribution in [0, 0.1) is 6.92 Å². The van der Waals surface area contributed by atoms with Crippen molar-refractivity contribution < 1.29 is 13.2 Å². The van der Waals surface area contributed by atoms with Gasteiger partial charge in [0.2, 0.25) is 10.0 Å². The van der Waals surface area contributed by atoms with E-state index in [0.29, 0.717) is 18.8 Å². The Hall–Kier alpha value is -1.15. The van der Waals surface area contributed by atoms with E-state index in [1.54, 1.807) is 16.4 Å². The van der Waals surface area contributed by atoms with E-state index in [4.69, 9.17) is 4.74 Å². The summed E-state index contributed by atoms with van der Waals surface area (Å²) < 4.78 is 32.6. The minimum atomic E-state index is -3.51. The van der Waals surface area contributed by atoms with Crippen molar-refractivity contribution >= 4 is 10.0 Å². The lowest BCUT2D eigenvalue weighted by atomic mass is 10.2. The molecule has 130 valence electrons. The summed E-state index contributed by atoms with van der Waals surface area (Å²) in [5.41, 5.74) is 0.911. The molecular formula is C16H27N3O3S. The van der Waals surface area contributed by atoms with Gasteiger partial charge in [0.05, 0.1) is 7.11 Å². The average Bonchev–Trinajstić information content (AvgIpc) is 2.53. The Morgan fingerprint density at radius 3 is 2.39 bits per heavy atom. The minimum absolute atomic E-state index is 0.266. The molecule has 0 N–H and O–H groups in total. The molecule has 1 saturated heterocycles. The van der Waals surface area contributed by atoms with Gasteiger partial charge in [-0.15, -0.1) is 0 Å². The van der Waals surface area contributed by atoms with Crippen LogP contribution in [-0.2, 0) is 10.0 Å². The molecule has 23 heavy (non-hydrogen) atoms. The molecule has 0 aliphatic carbocycles. The van der Waals surface area contributed by atoms with Crippen LogP contribution in [0.25, 0.3) is 0 Å². The molecule has 2 rings (SSSR count). The summed E-state index contributed by atoms with van der Waals surface area (Å²) in [5.74, 6) is 0.408. The van der Waals surface area contributed by atoms with Crippen molar-refractivity contribution in [1.29, 1.82) is 0 Å². The Morgan fingerprint density at radius 2 is 1.83 bits per heavy atom. The number of methoxy groups -OCH3 is 1. The second kappa shape index (κ2) is 7.61. The largest absolute Gasteiger partial charge is 0.495 e. The molecule has 1 heterocycles. The van der Waals surface area contributed by atoms with E-state index in [0.717, 1.165) is 31.7 Å². The van der Waals surface area contributed by atoms with E-state index in [-0.39, 0.29) is 4.90 Å². The van der Waals surface area contributed by atoms with E-state index in [1.807, 2.05) is 27.1 Å². The van der Waals surface area contributed by atoms with E-state index in [2.05, 4.69) is 9.80 Å². The van der Waals surface area contributed by atoms with Gasteiger partial charge in [0.15, 0.2) is 0 Å². The number of rotatable bonds is 6. The molecule has 1 aliphatic rings. The molecule has 7 heteroatoms. The van der Waals surface area contributed by atoms with Gasteiger partial charge in [-0.2, -0.15) is 4.31 Å². The third kappa shape index (κ3) is 4.44. The van der Waals surface area contributed by atoms with Crippen molar-refractivity contribution in [3.05, 3.63) is 23.8 Å². The lowest BCUT2D eigenvalue weighted by Crippen LogP contribution is -2.49. The van der Waals surface area contributed by atoms with Crippen molar-refractivity contribution in [2.24, 2.45) is 0 Å². The SMILES string of the molecule is COc1ccc(C)cc1S(=O)(=O)N1CCN(CCN(C)C)CC1. The first kappa shape index (κ1) is 18.2. The third-order valence-electron chi connectivity index (χ3n) is 4.13. The van der Waals surface area contributed by atoms with Crippen molar-refractivity contribution in [2.45, 2.75) is 11.8 Å². The Bertz CT molecular complexity index is 623. The van der Waals surface area contributed by atoms with Gasteiger partial charge in [0, 0.05) is 39.3 Å². The summed E-state index contributed by atoms with van der Waals surface area (Å²) in [4.78, 5) is 4.71. The van der Waals surface area contributed by atoms with E-state index in [1.165, 1.54) is 7.11 Å². The number of piperazine rings is 1. The molecule has 1 aromatic carbocycles. The molecule has 0 amide bonds. The lowest BCUT2D eigenvalue weighted by molar-refractivity contribution is 0.174. The van der Waals surface area contributed by atoms with Crippen molar-refractivity contribution in [2.75, 3.05) is 60.5 Å². The Morgan fingerprint density at radius 1 is 1.17 bits per heavy atom. The quantitative estimate of drug-likeness (QED) is 0.769. The topological polar surface area (TPSA) is 53.1 Å². The molecule has 1 fully saturated rings. The zero-order valence-electron chi connectivity index (χ0n) is 14.4. The molecule has 0 saturated carbocycles. The number of aryl methyl sites for hydroxylation is 1. The summed E-state index contributed by atoms with van der Waals surface area (Å²) in [6.45, 7) is 6.41. The maximum atomic E-state index is 12.9. The number of benzene rings is 1. The molecule has 0 atom stereocenters. The van der Waals surface area contributed by atoms with Gasteiger partial charge < -0.3 is 9.64 Å². The number of likely N-dealkylation sites (N-methyl/N-ethyl adjacent to an activating group) is 1. The standard InChI is InChI=1S/C16H27N3O3S/c1-14-5-6-15(22-4)16(13-14)23(20,21)19-11-9-18(10-12-19)8-7-17(2)3/h5-6,13H,7-12H2,1-4H3. The van der Waals surface area contributed by atoms with Gasteiger partial charge in [-0.05, 0) is 38.7 Å². The smallest absolute Gasteiger partial charge is 0.246 e. The van der Waals surface area contributed by atoms with Gasteiger partial charge >= 0.3 is 0 Å². The van der Waals surface area contributed by atoms with Gasteiger partial charge in [-0.25, -0.2) is 8.42 Å². The maximum Gasteiger partial charge on any atom is 0.246 e. The van der Waals surface area contributed by atoms with Crippen LogP contribution in [0.3, 0.4) is 0 Å². The van der Waals surface area contributed by atoms with Crippen LogP contribution >= 0.6 is 0 Å². The zero-order chi connectivity index (χ0) is 17.0. The van der Waals surface area contributed by atoms with Crippen LogP contribution in [0.15, 0.2) is 23.1 Å². The van der Waals surface area contributed by atoms with Gasteiger partial charge in [-0.1, -0.05) is 6.07 Å². The zero-order valence-corrected chi connectivity index (χ0v) is 15.3. The minimum Gasteiger partial charge on any atom is -0.495 e. The van der Waals surface area contributed by atoms with Crippen molar-refractivity contribution in [3.63, 3.8) is 0 Å². The van der Waals surface area contributed by atoms with Crippen LogP contribution < -0.4 is 4.74 Å². The lowest BCUT2D eigenvalue weighted by Gasteiger charge is -2.34. The normalized spacial score (nSPS) is 17.6. The monoisotopic (exact) mass is 341 g/mol. The van der Waals surface area contributed by atoms with Crippen molar-refractivity contribution in [3.8, 4) is 5.75 Å². The molecule has 6 nitrogen and oxygen atoms in total. The van der Waals surface area contributed by atoms with Crippen molar-refractivity contribution in [1.82, 2.24) is 14.1 Å². The molecule has 1 aliphatic heterocycles. The number of hydrogen-bond acceptors (Lipinski definition) is 5. The second-order valence-electron chi connectivity index (χ2n) is 6.20. The van der Waals surface area contributed by atoms with Crippen LogP contribution in [0.2, 0.25) is 0 Å². The van der Waals surface area contributed by atoms with Gasteiger partial charge in [0.1, 0.15) is 10.6 Å². The molecule has 1 aromatic rings. The summed E-state index contributed by atoms with van der Waals surface area (Å²) in [5, 5.41) is 0. The molecule has 0 radical (unpaired) electrons. The number of sulfonamides is 1. The fraction of sp³-hybridized carbons (Fsp3) is 0.625. The fourth-order valence-electron chi connectivity index (χ4n) is 2.66. The summed E-state index contributed by atoms with van der Waals surface area (Å²) in [7, 11) is 2.08. The number of hydrogen-bond donors (Lipinski definition) is 0.